The summed E-state index contributed by atoms with van der Waals surface area (Å²) >= 11 is 0. The van der Waals surface area contributed by atoms with Crippen LogP contribution in [0.15, 0.2) is 36.5 Å². The van der Waals surface area contributed by atoms with Crippen LogP contribution in [0.1, 0.15) is 27.7 Å². The predicted octanol–water partition coefficient (Wildman–Crippen LogP) is 2.27. The molecule has 0 saturated heterocycles. The maximum absolute atomic E-state index is 12.4. The minimum Gasteiger partial charge on any atom is -0.353 e. The smallest absolute Gasteiger partial charge is 0.273 e. The van der Waals surface area contributed by atoms with E-state index >= 15 is 0 Å². The van der Waals surface area contributed by atoms with Crippen LogP contribution < -0.4 is 5.32 Å². The fourth-order valence-electron chi connectivity index (χ4n) is 2.61. The lowest BCUT2D eigenvalue weighted by atomic mass is 10.1. The standard InChI is InChI=1S/C17H22N4O3/c1-12-7-8-13(10-15(12)21(23)24)17(22)18-11-16(19(2)3)14-6-5-9-20(14)4/h5-10,16H,11H2,1-4H3,(H,18,22). The van der Waals surface area contributed by atoms with Crippen molar-refractivity contribution in [1.82, 2.24) is 14.8 Å². The van der Waals surface area contributed by atoms with E-state index in [2.05, 4.69) is 5.32 Å². The lowest BCUT2D eigenvalue weighted by molar-refractivity contribution is -0.385. The summed E-state index contributed by atoms with van der Waals surface area (Å²) in [6.45, 7) is 2.06. The zero-order valence-corrected chi connectivity index (χ0v) is 14.3. The number of carbonyl (C=O) groups is 1. The van der Waals surface area contributed by atoms with Crippen LogP contribution in [0.4, 0.5) is 5.69 Å². The Morgan fingerprint density at radius 1 is 1.38 bits per heavy atom. The zero-order chi connectivity index (χ0) is 17.9. The van der Waals surface area contributed by atoms with Crippen molar-refractivity contribution < 1.29 is 9.72 Å². The highest BCUT2D eigenvalue weighted by Gasteiger charge is 2.19. The normalized spacial score (nSPS) is 12.2. The Morgan fingerprint density at radius 3 is 2.62 bits per heavy atom. The Bertz CT molecular complexity index is 752. The summed E-state index contributed by atoms with van der Waals surface area (Å²) in [5, 5.41) is 13.9. The van der Waals surface area contributed by atoms with Crippen molar-refractivity contribution >= 4 is 11.6 Å². The van der Waals surface area contributed by atoms with Crippen LogP contribution in [0, 0.1) is 17.0 Å². The first-order chi connectivity index (χ1) is 11.3. The summed E-state index contributed by atoms with van der Waals surface area (Å²) in [5.74, 6) is -0.320. The molecule has 0 aliphatic rings. The van der Waals surface area contributed by atoms with Crippen molar-refractivity contribution in [2.45, 2.75) is 13.0 Å². The van der Waals surface area contributed by atoms with Gasteiger partial charge >= 0.3 is 0 Å². The number of nitro groups is 1. The molecule has 0 radical (unpaired) electrons. The Hall–Kier alpha value is -2.67. The van der Waals surface area contributed by atoms with E-state index in [9.17, 15) is 14.9 Å². The second kappa shape index (κ2) is 7.27. The molecule has 2 aromatic rings. The maximum Gasteiger partial charge on any atom is 0.273 e. The number of aryl methyl sites for hydroxylation is 2. The van der Waals surface area contributed by atoms with E-state index in [0.717, 1.165) is 5.69 Å². The number of likely N-dealkylation sites (N-methyl/N-ethyl adjacent to an activating group) is 1. The molecule has 0 bridgehead atoms. The van der Waals surface area contributed by atoms with Crippen molar-refractivity contribution in [3.8, 4) is 0 Å². The summed E-state index contributed by atoms with van der Waals surface area (Å²) in [6, 6.07) is 8.48. The van der Waals surface area contributed by atoms with Gasteiger partial charge in [-0.2, -0.15) is 0 Å². The predicted molar refractivity (Wildman–Crippen MR) is 92.0 cm³/mol. The minimum atomic E-state index is -0.474. The average molecular weight is 330 g/mol. The molecule has 0 spiro atoms. The van der Waals surface area contributed by atoms with Gasteiger partial charge in [-0.05, 0) is 39.2 Å². The second-order valence-corrected chi connectivity index (χ2v) is 5.99. The highest BCUT2D eigenvalue weighted by Crippen LogP contribution is 2.20. The van der Waals surface area contributed by atoms with Gasteiger partial charge in [-0.25, -0.2) is 0 Å². The van der Waals surface area contributed by atoms with Crippen molar-refractivity contribution in [2.75, 3.05) is 20.6 Å². The van der Waals surface area contributed by atoms with E-state index in [1.54, 1.807) is 19.1 Å². The van der Waals surface area contributed by atoms with Crippen LogP contribution in [0.3, 0.4) is 0 Å². The van der Waals surface area contributed by atoms with Crippen LogP contribution in [-0.4, -0.2) is 40.9 Å². The first-order valence-electron chi connectivity index (χ1n) is 7.62. The topological polar surface area (TPSA) is 80.4 Å². The third kappa shape index (κ3) is 3.80. The Balaban J connectivity index is 2.13. The van der Waals surface area contributed by atoms with Gasteiger partial charge in [0.1, 0.15) is 0 Å². The van der Waals surface area contributed by atoms with E-state index in [1.165, 1.54) is 6.07 Å². The molecule has 7 nitrogen and oxygen atoms in total. The lowest BCUT2D eigenvalue weighted by Gasteiger charge is -2.25. The molecule has 128 valence electrons. The molecule has 1 aromatic heterocycles. The number of hydrogen-bond donors (Lipinski definition) is 1. The van der Waals surface area contributed by atoms with Gasteiger partial charge < -0.3 is 9.88 Å². The molecule has 0 saturated carbocycles. The number of rotatable bonds is 6. The van der Waals surface area contributed by atoms with E-state index in [4.69, 9.17) is 0 Å². The molecule has 0 aliphatic heterocycles. The van der Waals surface area contributed by atoms with Gasteiger partial charge in [-0.1, -0.05) is 6.07 Å². The first-order valence-corrected chi connectivity index (χ1v) is 7.62. The number of aromatic nitrogens is 1. The molecule has 0 aliphatic carbocycles. The molecule has 1 aromatic carbocycles. The summed E-state index contributed by atoms with van der Waals surface area (Å²) < 4.78 is 2.01. The summed E-state index contributed by atoms with van der Waals surface area (Å²) in [5.41, 5.74) is 1.85. The molecule has 1 heterocycles. The zero-order valence-electron chi connectivity index (χ0n) is 14.3. The van der Waals surface area contributed by atoms with Gasteiger partial charge in [0.25, 0.3) is 11.6 Å². The monoisotopic (exact) mass is 330 g/mol. The third-order valence-corrected chi connectivity index (χ3v) is 4.07. The van der Waals surface area contributed by atoms with Gasteiger partial charge in [0.15, 0.2) is 0 Å². The molecule has 1 N–H and O–H groups in total. The van der Waals surface area contributed by atoms with Crippen molar-refractivity contribution in [3.05, 3.63) is 63.5 Å². The van der Waals surface area contributed by atoms with E-state index < -0.39 is 4.92 Å². The Kier molecular flexibility index (Phi) is 5.35. The fraction of sp³-hybridized carbons (Fsp3) is 0.353. The van der Waals surface area contributed by atoms with Crippen LogP contribution in [0.2, 0.25) is 0 Å². The highest BCUT2D eigenvalue weighted by molar-refractivity contribution is 5.95. The van der Waals surface area contributed by atoms with Crippen LogP contribution in [0.25, 0.3) is 0 Å². The molecule has 0 fully saturated rings. The van der Waals surface area contributed by atoms with Crippen LogP contribution in [-0.2, 0) is 7.05 Å². The Labute approximate surface area is 141 Å². The number of nitro benzene ring substituents is 1. The summed E-state index contributed by atoms with van der Waals surface area (Å²) in [7, 11) is 5.85. The average Bonchev–Trinajstić information content (AvgIpc) is 2.93. The number of carbonyl (C=O) groups excluding carboxylic acids is 1. The molecular formula is C17H22N4O3. The molecule has 1 amide bonds. The van der Waals surface area contributed by atoms with Crippen molar-refractivity contribution in [1.29, 1.82) is 0 Å². The van der Waals surface area contributed by atoms with Gasteiger partial charge in [0.05, 0.1) is 11.0 Å². The summed E-state index contributed by atoms with van der Waals surface area (Å²) in [6.07, 6.45) is 1.96. The third-order valence-electron chi connectivity index (χ3n) is 4.07. The molecular weight excluding hydrogens is 308 g/mol. The van der Waals surface area contributed by atoms with Crippen molar-refractivity contribution in [2.24, 2.45) is 7.05 Å². The van der Waals surface area contributed by atoms with E-state index in [1.807, 2.05) is 48.9 Å². The minimum absolute atomic E-state index is 0.00869. The van der Waals surface area contributed by atoms with E-state index in [-0.39, 0.29) is 23.2 Å². The molecule has 7 heteroatoms. The van der Waals surface area contributed by atoms with Crippen LogP contribution in [0.5, 0.6) is 0 Å². The molecule has 1 unspecified atom stereocenters. The second-order valence-electron chi connectivity index (χ2n) is 5.99. The van der Waals surface area contributed by atoms with Gasteiger partial charge in [0.2, 0.25) is 0 Å². The number of benzene rings is 1. The molecule has 2 rings (SSSR count). The quantitative estimate of drug-likeness (QED) is 0.651. The summed E-state index contributed by atoms with van der Waals surface area (Å²) in [4.78, 5) is 24.9. The molecule has 1 atom stereocenters. The number of amides is 1. The highest BCUT2D eigenvalue weighted by atomic mass is 16.6. The van der Waals surface area contributed by atoms with Crippen LogP contribution >= 0.6 is 0 Å². The van der Waals surface area contributed by atoms with Crippen molar-refractivity contribution in [3.63, 3.8) is 0 Å². The van der Waals surface area contributed by atoms with E-state index in [0.29, 0.717) is 12.1 Å². The van der Waals surface area contributed by atoms with Gasteiger partial charge in [-0.3, -0.25) is 19.8 Å². The largest absolute Gasteiger partial charge is 0.353 e. The molecule has 24 heavy (non-hydrogen) atoms. The lowest BCUT2D eigenvalue weighted by Crippen LogP contribution is -2.35. The number of nitrogens with one attached hydrogen (secondary N) is 1. The number of nitrogens with zero attached hydrogens (tertiary/aromatic N) is 3. The van der Waals surface area contributed by atoms with Gasteiger partial charge in [-0.15, -0.1) is 0 Å². The van der Waals surface area contributed by atoms with Gasteiger partial charge in [0, 0.05) is 42.7 Å². The first kappa shape index (κ1) is 17.7. The fourth-order valence-corrected chi connectivity index (χ4v) is 2.61. The SMILES string of the molecule is Cc1ccc(C(=O)NCC(c2cccn2C)N(C)C)cc1[N+](=O)[O-]. The Morgan fingerprint density at radius 2 is 2.08 bits per heavy atom. The maximum atomic E-state index is 12.4. The number of hydrogen-bond acceptors (Lipinski definition) is 4.